The van der Waals surface area contributed by atoms with E-state index in [0.717, 1.165) is 43.2 Å². The minimum absolute atomic E-state index is 0.0410. The molecule has 0 saturated heterocycles. The molecular weight excluding hydrogens is 452 g/mol. The predicted octanol–water partition coefficient (Wildman–Crippen LogP) is 4.57. The number of rotatable bonds is 8. The summed E-state index contributed by atoms with van der Waals surface area (Å²) >= 11 is 0. The summed E-state index contributed by atoms with van der Waals surface area (Å²) in [7, 11) is 0. The first-order valence-electron chi connectivity index (χ1n) is 13.6. The third-order valence-corrected chi connectivity index (χ3v) is 6.82. The fourth-order valence-corrected chi connectivity index (χ4v) is 4.69. The number of aliphatic hydroxyl groups excluding tert-OH is 1. The van der Waals surface area contributed by atoms with Gasteiger partial charge in [0.25, 0.3) is 5.91 Å². The predicted molar refractivity (Wildman–Crippen MR) is 142 cm³/mol. The molecule has 196 valence electrons. The van der Waals surface area contributed by atoms with Gasteiger partial charge in [-0.2, -0.15) is 0 Å². The van der Waals surface area contributed by atoms with Gasteiger partial charge < -0.3 is 19.9 Å². The molecule has 1 fully saturated rings. The van der Waals surface area contributed by atoms with Crippen LogP contribution in [0, 0.1) is 5.92 Å². The summed E-state index contributed by atoms with van der Waals surface area (Å²) in [6.45, 7) is 8.23. The third-order valence-electron chi connectivity index (χ3n) is 6.82. The van der Waals surface area contributed by atoms with Gasteiger partial charge in [0.1, 0.15) is 5.75 Å². The van der Waals surface area contributed by atoms with Crippen molar-refractivity contribution in [3.8, 4) is 5.75 Å². The molecule has 1 aliphatic heterocycles. The highest BCUT2D eigenvalue weighted by molar-refractivity contribution is 5.94. The Labute approximate surface area is 216 Å². The van der Waals surface area contributed by atoms with Crippen molar-refractivity contribution in [2.24, 2.45) is 5.92 Å². The molecule has 0 radical (unpaired) electrons. The summed E-state index contributed by atoms with van der Waals surface area (Å²) in [5, 5.41) is 12.9. The quantitative estimate of drug-likeness (QED) is 0.563. The van der Waals surface area contributed by atoms with Crippen LogP contribution >= 0.6 is 0 Å². The largest absolute Gasteiger partial charge is 0.493 e. The summed E-state index contributed by atoms with van der Waals surface area (Å²) in [6, 6.07) is 14.5. The first-order chi connectivity index (χ1) is 17.5. The Morgan fingerprint density at radius 2 is 1.97 bits per heavy atom. The van der Waals surface area contributed by atoms with Gasteiger partial charge in [0.05, 0.1) is 25.4 Å². The second kappa shape index (κ2) is 13.2. The Morgan fingerprint density at radius 3 is 2.78 bits per heavy atom. The summed E-state index contributed by atoms with van der Waals surface area (Å²) in [6.07, 6.45) is 6.14. The van der Waals surface area contributed by atoms with E-state index >= 15 is 0 Å². The molecule has 2 aromatic rings. The molecule has 1 atom stereocenters. The Kier molecular flexibility index (Phi) is 9.79. The molecule has 36 heavy (non-hydrogen) atoms. The van der Waals surface area contributed by atoms with Crippen molar-refractivity contribution in [1.82, 2.24) is 10.2 Å². The fraction of sp³-hybridized carbons (Fsp3) is 0.567. The van der Waals surface area contributed by atoms with Crippen LogP contribution in [0.3, 0.4) is 0 Å². The van der Waals surface area contributed by atoms with Crippen molar-refractivity contribution in [2.45, 2.75) is 71.1 Å². The maximum absolute atomic E-state index is 12.8. The van der Waals surface area contributed by atoms with Gasteiger partial charge in [-0.3, -0.25) is 9.69 Å². The molecule has 6 nitrogen and oxygen atoms in total. The number of benzene rings is 2. The summed E-state index contributed by atoms with van der Waals surface area (Å²) in [4.78, 5) is 15.5. The van der Waals surface area contributed by atoms with Crippen LogP contribution in [0.1, 0.15) is 73.0 Å². The number of carbonyl (C=O) groups excluding carboxylic acids is 1. The van der Waals surface area contributed by atoms with Crippen LogP contribution in [0.15, 0.2) is 42.5 Å². The highest BCUT2D eigenvalue weighted by atomic mass is 16.5. The Morgan fingerprint density at radius 1 is 1.14 bits per heavy atom. The van der Waals surface area contributed by atoms with Crippen molar-refractivity contribution in [1.29, 1.82) is 0 Å². The van der Waals surface area contributed by atoms with E-state index in [0.29, 0.717) is 18.6 Å². The lowest BCUT2D eigenvalue weighted by atomic mass is 9.99. The minimum Gasteiger partial charge on any atom is -0.493 e. The van der Waals surface area contributed by atoms with E-state index in [4.69, 9.17) is 9.47 Å². The van der Waals surface area contributed by atoms with Gasteiger partial charge in [-0.1, -0.05) is 24.3 Å². The van der Waals surface area contributed by atoms with Crippen LogP contribution in [-0.2, 0) is 17.7 Å². The number of amides is 1. The smallest absolute Gasteiger partial charge is 0.251 e. The molecule has 2 aromatic carbocycles. The average molecular weight is 495 g/mol. The van der Waals surface area contributed by atoms with Crippen LogP contribution in [-0.4, -0.2) is 61.0 Å². The number of hydrogen-bond donors (Lipinski definition) is 2. The molecule has 1 aliphatic carbocycles. The van der Waals surface area contributed by atoms with Crippen LogP contribution in [0.2, 0.25) is 0 Å². The van der Waals surface area contributed by atoms with E-state index in [1.165, 1.54) is 36.9 Å². The first kappa shape index (κ1) is 26.6. The van der Waals surface area contributed by atoms with Crippen LogP contribution in [0.25, 0.3) is 0 Å². The molecule has 2 aliphatic rings. The Bertz CT molecular complexity index is 989. The molecule has 4 rings (SSSR count). The van der Waals surface area contributed by atoms with Gasteiger partial charge in [-0.15, -0.1) is 0 Å². The second-order valence-electron chi connectivity index (χ2n) is 10.7. The summed E-state index contributed by atoms with van der Waals surface area (Å²) in [5.41, 5.74) is 4.15. The normalized spacial score (nSPS) is 18.1. The van der Waals surface area contributed by atoms with Gasteiger partial charge >= 0.3 is 0 Å². The number of ether oxygens (including phenoxy) is 2. The van der Waals surface area contributed by atoms with Crippen molar-refractivity contribution < 1.29 is 19.4 Å². The van der Waals surface area contributed by atoms with E-state index in [-0.39, 0.29) is 25.2 Å². The van der Waals surface area contributed by atoms with Crippen LogP contribution < -0.4 is 10.1 Å². The van der Waals surface area contributed by atoms with Gasteiger partial charge in [-0.25, -0.2) is 0 Å². The maximum Gasteiger partial charge on any atom is 0.251 e. The standard InChI is InChI=1S/C30H42N2O4/c1-22(2)36-21-28(33)18-31-30(34)26-11-12-29-27(17-26)16-24-7-6-8-25(15-24)20-32(19-23-9-10-23)13-4-3-5-14-35-29/h6-8,11-12,15,17,22-23,28,33H,3-5,9-10,13-14,16,18-21H2,1-2H3,(H,31,34). The maximum atomic E-state index is 12.8. The molecule has 6 heteroatoms. The molecule has 0 aromatic heterocycles. The number of fused-ring (bicyclic) bond motifs is 3. The summed E-state index contributed by atoms with van der Waals surface area (Å²) < 4.78 is 11.6. The van der Waals surface area contributed by atoms with E-state index in [9.17, 15) is 9.90 Å². The number of hydrogen-bond acceptors (Lipinski definition) is 5. The molecule has 0 spiro atoms. The lowest BCUT2D eigenvalue weighted by molar-refractivity contribution is 0.00664. The minimum atomic E-state index is -0.737. The second-order valence-corrected chi connectivity index (χ2v) is 10.7. The van der Waals surface area contributed by atoms with E-state index in [1.54, 1.807) is 6.07 Å². The summed E-state index contributed by atoms with van der Waals surface area (Å²) in [5.74, 6) is 1.52. The molecular formula is C30H42N2O4. The van der Waals surface area contributed by atoms with Gasteiger partial charge in [0.15, 0.2) is 0 Å². The topological polar surface area (TPSA) is 71.0 Å². The number of carbonyl (C=O) groups is 1. The number of nitrogens with zero attached hydrogens (tertiary/aromatic N) is 1. The zero-order chi connectivity index (χ0) is 25.3. The number of nitrogens with one attached hydrogen (secondary N) is 1. The van der Waals surface area contributed by atoms with Gasteiger partial charge in [0, 0.05) is 31.6 Å². The monoisotopic (exact) mass is 494 g/mol. The zero-order valence-electron chi connectivity index (χ0n) is 21.9. The molecule has 1 saturated carbocycles. The van der Waals surface area contributed by atoms with E-state index in [1.807, 2.05) is 26.0 Å². The van der Waals surface area contributed by atoms with Crippen molar-refractivity contribution >= 4 is 5.91 Å². The van der Waals surface area contributed by atoms with Gasteiger partial charge in [-0.05, 0) is 93.3 Å². The van der Waals surface area contributed by atoms with Crippen molar-refractivity contribution in [3.05, 3.63) is 64.7 Å². The van der Waals surface area contributed by atoms with Gasteiger partial charge in [0.2, 0.25) is 0 Å². The SMILES string of the molecule is CC(C)OCC(O)CNC(=O)c1ccc2c(c1)Cc1cccc(c1)CN(CC1CC1)CCCCCO2. The molecule has 1 unspecified atom stereocenters. The van der Waals surface area contributed by atoms with Crippen LogP contribution in [0.5, 0.6) is 5.75 Å². The molecule has 2 bridgehead atoms. The fourth-order valence-electron chi connectivity index (χ4n) is 4.69. The first-order valence-corrected chi connectivity index (χ1v) is 13.6. The average Bonchev–Trinajstić information content (AvgIpc) is 3.67. The van der Waals surface area contributed by atoms with E-state index < -0.39 is 6.10 Å². The zero-order valence-corrected chi connectivity index (χ0v) is 21.9. The lowest BCUT2D eigenvalue weighted by Crippen LogP contribution is -2.35. The molecule has 1 amide bonds. The molecule has 2 N–H and O–H groups in total. The molecule has 1 heterocycles. The lowest BCUT2D eigenvalue weighted by Gasteiger charge is -2.23. The van der Waals surface area contributed by atoms with Crippen LogP contribution in [0.4, 0.5) is 0 Å². The number of aliphatic hydroxyl groups is 1. The highest BCUT2D eigenvalue weighted by Crippen LogP contribution is 2.31. The van der Waals surface area contributed by atoms with Crippen molar-refractivity contribution in [3.63, 3.8) is 0 Å². The van der Waals surface area contributed by atoms with E-state index in [2.05, 4.69) is 34.5 Å². The third kappa shape index (κ3) is 8.61. The highest BCUT2D eigenvalue weighted by Gasteiger charge is 2.24. The Hall–Kier alpha value is -2.41. The van der Waals surface area contributed by atoms with Crippen molar-refractivity contribution in [2.75, 3.05) is 32.8 Å². The Balaban J connectivity index is 1.47.